The first-order valence-corrected chi connectivity index (χ1v) is 15.6. The van der Waals surface area contributed by atoms with E-state index in [0.717, 1.165) is 44.8 Å². The fourth-order valence-electron chi connectivity index (χ4n) is 7.02. The van der Waals surface area contributed by atoms with E-state index in [1.54, 1.807) is 0 Å². The van der Waals surface area contributed by atoms with Crippen LogP contribution in [0.1, 0.15) is 52.7 Å². The maximum Gasteiger partial charge on any atom is 0.145 e. The Hall–Kier alpha value is -5.16. The van der Waals surface area contributed by atoms with E-state index in [1.807, 2.05) is 30.6 Å². The van der Waals surface area contributed by atoms with Crippen molar-refractivity contribution in [2.45, 2.75) is 52.4 Å². The van der Waals surface area contributed by atoms with Crippen LogP contribution in [-0.4, -0.2) is 18.9 Å². The van der Waals surface area contributed by atoms with Crippen LogP contribution in [0.3, 0.4) is 0 Å². The highest BCUT2D eigenvalue weighted by Crippen LogP contribution is 2.42. The van der Waals surface area contributed by atoms with E-state index >= 15 is 0 Å². The van der Waals surface area contributed by atoms with Gasteiger partial charge >= 0.3 is 0 Å². The normalized spacial score (nSPS) is 12.7. The molecule has 0 unspecified atom stereocenters. The molecule has 5 nitrogen and oxygen atoms in total. The van der Waals surface area contributed by atoms with Gasteiger partial charge in [-0.25, -0.2) is 9.97 Å². The molecule has 5 heteroatoms. The molecule has 0 bridgehead atoms. The van der Waals surface area contributed by atoms with Crippen molar-refractivity contribution in [1.82, 2.24) is 18.9 Å². The first-order chi connectivity index (χ1) is 21.6. The van der Waals surface area contributed by atoms with E-state index in [9.17, 15) is 0 Å². The van der Waals surface area contributed by atoms with Crippen LogP contribution >= 0.6 is 0 Å². The van der Waals surface area contributed by atoms with Crippen LogP contribution in [0, 0.1) is 0 Å². The molecule has 45 heavy (non-hydrogen) atoms. The first-order valence-electron chi connectivity index (χ1n) is 15.6. The van der Waals surface area contributed by atoms with Gasteiger partial charge in [-0.2, -0.15) is 0 Å². The molecule has 0 atom stereocenters. The Kier molecular flexibility index (Phi) is 5.89. The fourth-order valence-corrected chi connectivity index (χ4v) is 7.02. The highest BCUT2D eigenvalue weighted by molar-refractivity contribution is 6.13. The zero-order valence-corrected chi connectivity index (χ0v) is 26.6. The lowest BCUT2D eigenvalue weighted by molar-refractivity contribution is 0.484. The minimum absolute atomic E-state index is 0.0136. The molecule has 0 aliphatic carbocycles. The van der Waals surface area contributed by atoms with E-state index in [0.29, 0.717) is 0 Å². The monoisotopic (exact) mass is 588 g/mol. The van der Waals surface area contributed by atoms with Crippen LogP contribution in [0.5, 0.6) is 11.5 Å². The maximum absolute atomic E-state index is 6.59. The van der Waals surface area contributed by atoms with Gasteiger partial charge in [0, 0.05) is 46.2 Å². The van der Waals surface area contributed by atoms with Crippen molar-refractivity contribution in [1.29, 1.82) is 0 Å². The van der Waals surface area contributed by atoms with Crippen LogP contribution in [0.15, 0.2) is 110 Å². The first kappa shape index (κ1) is 27.4. The average molecular weight is 589 g/mol. The number of aromatic nitrogens is 4. The molecule has 4 aromatic heterocycles. The second-order valence-corrected chi connectivity index (χ2v) is 14.0. The van der Waals surface area contributed by atoms with Crippen molar-refractivity contribution in [3.05, 3.63) is 121 Å². The van der Waals surface area contributed by atoms with Crippen molar-refractivity contribution in [3.8, 4) is 17.3 Å². The Bertz CT molecular complexity index is 2420. The maximum atomic E-state index is 6.59. The largest absolute Gasteiger partial charge is 0.457 e. The number of rotatable bonds is 3. The summed E-state index contributed by atoms with van der Waals surface area (Å²) < 4.78 is 11.1. The van der Waals surface area contributed by atoms with E-state index in [-0.39, 0.29) is 10.8 Å². The number of fused-ring (bicyclic) bond motifs is 9. The van der Waals surface area contributed by atoms with E-state index < -0.39 is 0 Å². The Labute approximate surface area is 262 Å². The third kappa shape index (κ3) is 4.29. The van der Waals surface area contributed by atoms with Gasteiger partial charge in [-0.3, -0.25) is 8.97 Å². The summed E-state index contributed by atoms with van der Waals surface area (Å²) in [4.78, 5) is 9.54. The lowest BCUT2D eigenvalue weighted by atomic mass is 9.74. The van der Waals surface area contributed by atoms with Crippen molar-refractivity contribution < 1.29 is 4.74 Å². The van der Waals surface area contributed by atoms with Crippen molar-refractivity contribution in [3.63, 3.8) is 0 Å². The Morgan fingerprint density at radius 3 is 2.04 bits per heavy atom. The number of nitrogens with zero attached hydrogens (tertiary/aromatic N) is 4. The van der Waals surface area contributed by atoms with Gasteiger partial charge in [0.1, 0.15) is 23.0 Å². The van der Waals surface area contributed by atoms with Crippen LogP contribution < -0.4 is 4.74 Å². The summed E-state index contributed by atoms with van der Waals surface area (Å²) >= 11 is 0. The Morgan fingerprint density at radius 1 is 0.578 bits per heavy atom. The van der Waals surface area contributed by atoms with Crippen LogP contribution in [0.2, 0.25) is 0 Å². The number of benzene rings is 4. The zero-order valence-electron chi connectivity index (χ0n) is 26.6. The fraction of sp³-hybridized carbons (Fsp3) is 0.200. The Morgan fingerprint density at radius 2 is 1.29 bits per heavy atom. The van der Waals surface area contributed by atoms with Gasteiger partial charge in [0.15, 0.2) is 0 Å². The lowest BCUT2D eigenvalue weighted by Crippen LogP contribution is -2.23. The quantitative estimate of drug-likeness (QED) is 0.193. The molecule has 8 aromatic rings. The van der Waals surface area contributed by atoms with Crippen LogP contribution in [-0.2, 0) is 10.8 Å². The highest BCUT2D eigenvalue weighted by Gasteiger charge is 2.29. The SMILES string of the molecule is CC(C)(C)c1ccc2c3ccc(Oc4ccc5c6ccccc6n(-c6ccccn6)c5c4)cc3c3nccn3c2c1C(C)(C)C. The predicted molar refractivity (Wildman–Crippen MR) is 186 cm³/mol. The van der Waals surface area contributed by atoms with Crippen molar-refractivity contribution in [2.24, 2.45) is 0 Å². The standard InChI is InChI=1S/C40H36N4O/c1-39(2,3)32-19-18-30-27-16-14-25(23-31(27)38-42-21-22-43(38)37(30)36(32)40(4,5)6)45-26-15-17-29-28-11-7-8-12-33(28)44(34(29)24-26)35-13-9-10-20-41-35/h7-24H,1-6H3. The summed E-state index contributed by atoms with van der Waals surface area (Å²) in [6.45, 7) is 13.8. The average Bonchev–Trinajstić information content (AvgIpc) is 3.63. The molecule has 0 amide bonds. The minimum atomic E-state index is -0.0492. The van der Waals surface area contributed by atoms with E-state index in [4.69, 9.17) is 9.72 Å². The summed E-state index contributed by atoms with van der Waals surface area (Å²) in [7, 11) is 0. The summed E-state index contributed by atoms with van der Waals surface area (Å²) in [6.07, 6.45) is 5.83. The van der Waals surface area contributed by atoms with E-state index in [1.165, 1.54) is 32.8 Å². The second kappa shape index (κ2) is 9.67. The van der Waals surface area contributed by atoms with Crippen LogP contribution in [0.25, 0.3) is 54.9 Å². The number of imidazole rings is 1. The van der Waals surface area contributed by atoms with Crippen LogP contribution in [0.4, 0.5) is 0 Å². The van der Waals surface area contributed by atoms with Gasteiger partial charge in [-0.05, 0) is 75.9 Å². The second-order valence-electron chi connectivity index (χ2n) is 14.0. The summed E-state index contributed by atoms with van der Waals surface area (Å²) in [5.41, 5.74) is 7.05. The molecule has 0 saturated heterocycles. The molecular formula is C40H36N4O. The van der Waals surface area contributed by atoms with Crippen molar-refractivity contribution >= 4 is 49.1 Å². The summed E-state index contributed by atoms with van der Waals surface area (Å²) in [5, 5.41) is 5.82. The molecule has 8 rings (SSSR count). The molecule has 4 heterocycles. The van der Waals surface area contributed by atoms with E-state index in [2.05, 4.69) is 134 Å². The molecule has 0 aliphatic rings. The molecule has 0 fully saturated rings. The third-order valence-corrected chi connectivity index (χ3v) is 8.90. The van der Waals surface area contributed by atoms with Gasteiger partial charge in [-0.1, -0.05) is 77.9 Å². The number of pyridine rings is 2. The summed E-state index contributed by atoms with van der Waals surface area (Å²) in [6, 6.07) is 31.8. The van der Waals surface area contributed by atoms with Gasteiger partial charge < -0.3 is 4.74 Å². The third-order valence-electron chi connectivity index (χ3n) is 8.90. The van der Waals surface area contributed by atoms with Gasteiger partial charge in [-0.15, -0.1) is 0 Å². The smallest absolute Gasteiger partial charge is 0.145 e. The zero-order chi connectivity index (χ0) is 31.1. The number of para-hydroxylation sites is 1. The molecule has 0 N–H and O–H groups in total. The highest BCUT2D eigenvalue weighted by atomic mass is 16.5. The molecule has 0 spiro atoms. The minimum Gasteiger partial charge on any atom is -0.457 e. The topological polar surface area (TPSA) is 44.3 Å². The molecule has 0 aliphatic heterocycles. The number of hydrogen-bond acceptors (Lipinski definition) is 3. The van der Waals surface area contributed by atoms with Gasteiger partial charge in [0.25, 0.3) is 0 Å². The van der Waals surface area contributed by atoms with Gasteiger partial charge in [0.05, 0.1) is 16.6 Å². The molecule has 4 aromatic carbocycles. The molecule has 0 radical (unpaired) electrons. The van der Waals surface area contributed by atoms with Gasteiger partial charge in [0.2, 0.25) is 0 Å². The van der Waals surface area contributed by atoms with Crippen molar-refractivity contribution in [2.75, 3.05) is 0 Å². The predicted octanol–water partition coefficient (Wildman–Crippen LogP) is 10.5. The molecular weight excluding hydrogens is 552 g/mol. The molecule has 0 saturated carbocycles. The lowest BCUT2D eigenvalue weighted by Gasteiger charge is -2.32. The summed E-state index contributed by atoms with van der Waals surface area (Å²) in [5.74, 6) is 2.42. The number of hydrogen-bond donors (Lipinski definition) is 0. The molecule has 222 valence electrons. The Balaban J connectivity index is 1.30. The number of ether oxygens (including phenoxy) is 1.